The lowest BCUT2D eigenvalue weighted by Gasteiger charge is -2.36. The van der Waals surface area contributed by atoms with Crippen molar-refractivity contribution in [2.24, 2.45) is 7.05 Å². The summed E-state index contributed by atoms with van der Waals surface area (Å²) in [7, 11) is 1.36. The number of nitrogens with one attached hydrogen (secondary N) is 1. The molecule has 9 heteroatoms. The molecule has 1 amide bonds. The van der Waals surface area contributed by atoms with Gasteiger partial charge in [-0.25, -0.2) is 0 Å². The Labute approximate surface area is 161 Å². The Morgan fingerprint density at radius 2 is 1.82 bits per heavy atom. The molecule has 1 aromatic heterocycles. The van der Waals surface area contributed by atoms with E-state index in [2.05, 4.69) is 32.3 Å². The van der Waals surface area contributed by atoms with E-state index in [1.165, 1.54) is 12.7 Å². The number of rotatable bonds is 6. The van der Waals surface area contributed by atoms with Gasteiger partial charge in [-0.3, -0.25) is 14.4 Å². The molecule has 0 spiro atoms. The molecule has 1 N–H and O–H groups in total. The summed E-state index contributed by atoms with van der Waals surface area (Å²) in [5.41, 5.74) is -0.373. The second kappa shape index (κ2) is 8.64. The predicted octanol–water partition coefficient (Wildman–Crippen LogP) is 2.38. The SMILES string of the molecule is Cn1cc(C(=O)NCCCN2CCN(c3ccccc3)CC2)c(C(F)(F)F)n1. The minimum absolute atomic E-state index is 0.323. The minimum atomic E-state index is -4.65. The molecular formula is C19H24F3N5O. The van der Waals surface area contributed by atoms with Crippen LogP contribution in [-0.2, 0) is 13.2 Å². The molecule has 2 heterocycles. The van der Waals surface area contributed by atoms with Crippen LogP contribution in [0, 0.1) is 0 Å². The Balaban J connectivity index is 1.40. The minimum Gasteiger partial charge on any atom is -0.369 e. The van der Waals surface area contributed by atoms with Crippen molar-refractivity contribution in [3.63, 3.8) is 0 Å². The van der Waals surface area contributed by atoms with Crippen LogP contribution in [-0.4, -0.2) is 59.9 Å². The fraction of sp³-hybridized carbons (Fsp3) is 0.474. The molecule has 0 aliphatic carbocycles. The average Bonchev–Trinajstić information content (AvgIpc) is 3.09. The molecule has 1 saturated heterocycles. The van der Waals surface area contributed by atoms with Gasteiger partial charge in [0.1, 0.15) is 0 Å². The number of nitrogens with zero attached hydrogens (tertiary/aromatic N) is 4. The van der Waals surface area contributed by atoms with E-state index >= 15 is 0 Å². The molecule has 2 aromatic rings. The van der Waals surface area contributed by atoms with Crippen molar-refractivity contribution >= 4 is 11.6 Å². The zero-order valence-electron chi connectivity index (χ0n) is 15.7. The highest BCUT2D eigenvalue weighted by Crippen LogP contribution is 2.30. The van der Waals surface area contributed by atoms with E-state index in [1.807, 2.05) is 18.2 Å². The Kier molecular flexibility index (Phi) is 6.23. The highest BCUT2D eigenvalue weighted by molar-refractivity contribution is 5.95. The van der Waals surface area contributed by atoms with Gasteiger partial charge >= 0.3 is 6.18 Å². The number of para-hydroxylation sites is 1. The van der Waals surface area contributed by atoms with Crippen molar-refractivity contribution in [1.82, 2.24) is 20.0 Å². The summed E-state index contributed by atoms with van der Waals surface area (Å²) in [4.78, 5) is 16.7. The lowest BCUT2D eigenvalue weighted by molar-refractivity contribution is -0.141. The highest BCUT2D eigenvalue weighted by Gasteiger charge is 2.38. The smallest absolute Gasteiger partial charge is 0.369 e. The van der Waals surface area contributed by atoms with Gasteiger partial charge in [-0.05, 0) is 25.1 Å². The van der Waals surface area contributed by atoms with E-state index < -0.39 is 23.3 Å². The number of carbonyl (C=O) groups excluding carboxylic acids is 1. The zero-order chi connectivity index (χ0) is 20.1. The molecule has 3 rings (SSSR count). The van der Waals surface area contributed by atoms with Gasteiger partial charge in [-0.1, -0.05) is 18.2 Å². The molecule has 0 unspecified atom stereocenters. The number of carbonyl (C=O) groups is 1. The Morgan fingerprint density at radius 3 is 2.46 bits per heavy atom. The molecule has 0 radical (unpaired) electrons. The van der Waals surface area contributed by atoms with Crippen LogP contribution in [0.5, 0.6) is 0 Å². The van der Waals surface area contributed by atoms with Crippen LogP contribution < -0.4 is 10.2 Å². The predicted molar refractivity (Wildman–Crippen MR) is 100 cm³/mol. The number of aryl methyl sites for hydroxylation is 1. The first kappa shape index (κ1) is 20.2. The van der Waals surface area contributed by atoms with Crippen LogP contribution in [0.4, 0.5) is 18.9 Å². The molecule has 152 valence electrons. The van der Waals surface area contributed by atoms with Crippen LogP contribution in [0.2, 0.25) is 0 Å². The van der Waals surface area contributed by atoms with E-state index in [9.17, 15) is 18.0 Å². The number of alkyl halides is 3. The van der Waals surface area contributed by atoms with Gasteiger partial charge in [0.15, 0.2) is 5.69 Å². The van der Waals surface area contributed by atoms with E-state index in [0.717, 1.165) is 43.6 Å². The Morgan fingerprint density at radius 1 is 1.14 bits per heavy atom. The van der Waals surface area contributed by atoms with Crippen LogP contribution in [0.25, 0.3) is 0 Å². The number of hydrogen-bond acceptors (Lipinski definition) is 4. The van der Waals surface area contributed by atoms with Crippen LogP contribution >= 0.6 is 0 Å². The Bertz CT molecular complexity index is 783. The maximum atomic E-state index is 12.9. The van der Waals surface area contributed by atoms with Crippen molar-refractivity contribution in [2.75, 3.05) is 44.2 Å². The van der Waals surface area contributed by atoms with Crippen LogP contribution in [0.3, 0.4) is 0 Å². The average molecular weight is 395 g/mol. The number of anilines is 1. The number of hydrogen-bond donors (Lipinski definition) is 1. The van der Waals surface area contributed by atoms with E-state index in [1.54, 1.807) is 0 Å². The van der Waals surface area contributed by atoms with Gasteiger partial charge in [0.2, 0.25) is 0 Å². The third-order valence-corrected chi connectivity index (χ3v) is 4.77. The molecular weight excluding hydrogens is 371 g/mol. The van der Waals surface area contributed by atoms with Crippen molar-refractivity contribution in [1.29, 1.82) is 0 Å². The summed E-state index contributed by atoms with van der Waals surface area (Å²) < 4.78 is 39.8. The highest BCUT2D eigenvalue weighted by atomic mass is 19.4. The third-order valence-electron chi connectivity index (χ3n) is 4.77. The molecule has 0 saturated carbocycles. The van der Waals surface area contributed by atoms with Crippen LogP contribution in [0.15, 0.2) is 36.5 Å². The van der Waals surface area contributed by atoms with Gasteiger partial charge in [-0.15, -0.1) is 0 Å². The van der Waals surface area contributed by atoms with Gasteiger partial charge in [0.25, 0.3) is 5.91 Å². The fourth-order valence-electron chi connectivity index (χ4n) is 3.33. The largest absolute Gasteiger partial charge is 0.435 e. The van der Waals surface area contributed by atoms with E-state index in [0.29, 0.717) is 13.0 Å². The number of piperazine rings is 1. The standard InChI is InChI=1S/C19H24F3N5O/c1-25-14-16(17(24-25)19(20,21)22)18(28)23-8-5-9-26-10-12-27(13-11-26)15-6-3-2-4-7-15/h2-4,6-7,14H,5,8-13H2,1H3,(H,23,28). The molecule has 28 heavy (non-hydrogen) atoms. The summed E-state index contributed by atoms with van der Waals surface area (Å²) in [5, 5.41) is 5.92. The second-order valence-electron chi connectivity index (χ2n) is 6.84. The first-order valence-electron chi connectivity index (χ1n) is 9.26. The summed E-state index contributed by atoms with van der Waals surface area (Å²) in [6.07, 6.45) is -2.87. The summed E-state index contributed by atoms with van der Waals surface area (Å²) in [6.45, 7) is 4.82. The van der Waals surface area contributed by atoms with Gasteiger partial charge in [-0.2, -0.15) is 18.3 Å². The number of benzene rings is 1. The van der Waals surface area contributed by atoms with Crippen molar-refractivity contribution in [2.45, 2.75) is 12.6 Å². The molecule has 1 aliphatic rings. The third kappa shape index (κ3) is 5.03. The number of halogens is 3. The van der Waals surface area contributed by atoms with Gasteiger partial charge in [0, 0.05) is 51.7 Å². The second-order valence-corrected chi connectivity index (χ2v) is 6.84. The Hall–Kier alpha value is -2.55. The van der Waals surface area contributed by atoms with Gasteiger partial charge in [0.05, 0.1) is 5.56 Å². The molecule has 1 aliphatic heterocycles. The first-order chi connectivity index (χ1) is 13.3. The maximum absolute atomic E-state index is 12.9. The summed E-state index contributed by atoms with van der Waals surface area (Å²) in [5.74, 6) is -0.741. The van der Waals surface area contributed by atoms with Crippen molar-refractivity contribution < 1.29 is 18.0 Å². The fourth-order valence-corrected chi connectivity index (χ4v) is 3.33. The number of amides is 1. The number of aromatic nitrogens is 2. The summed E-state index contributed by atoms with van der Waals surface area (Å²) in [6, 6.07) is 10.2. The topological polar surface area (TPSA) is 53.4 Å². The zero-order valence-corrected chi connectivity index (χ0v) is 15.7. The molecule has 0 bridgehead atoms. The molecule has 0 atom stereocenters. The normalized spacial score (nSPS) is 15.6. The van der Waals surface area contributed by atoms with E-state index in [-0.39, 0.29) is 0 Å². The van der Waals surface area contributed by atoms with E-state index in [4.69, 9.17) is 0 Å². The van der Waals surface area contributed by atoms with Gasteiger partial charge < -0.3 is 10.2 Å². The lowest BCUT2D eigenvalue weighted by Crippen LogP contribution is -2.47. The van der Waals surface area contributed by atoms with Crippen molar-refractivity contribution in [3.05, 3.63) is 47.8 Å². The molecule has 6 nitrogen and oxygen atoms in total. The van der Waals surface area contributed by atoms with Crippen LogP contribution in [0.1, 0.15) is 22.5 Å². The summed E-state index contributed by atoms with van der Waals surface area (Å²) >= 11 is 0. The maximum Gasteiger partial charge on any atom is 0.435 e. The van der Waals surface area contributed by atoms with Crippen molar-refractivity contribution in [3.8, 4) is 0 Å². The quantitative estimate of drug-likeness (QED) is 0.764. The monoisotopic (exact) mass is 395 g/mol. The lowest BCUT2D eigenvalue weighted by atomic mass is 10.2. The first-order valence-corrected chi connectivity index (χ1v) is 9.26. The molecule has 1 aromatic carbocycles. The molecule has 1 fully saturated rings.